The maximum Gasteiger partial charge on any atom is 0.141 e. The lowest BCUT2D eigenvalue weighted by molar-refractivity contribution is 0.393. The van der Waals surface area contributed by atoms with E-state index in [-0.39, 0.29) is 0 Å². The number of benzene rings is 1. The molecule has 0 fully saturated rings. The van der Waals surface area contributed by atoms with Crippen LogP contribution < -0.4 is 9.64 Å². The molecule has 26 heavy (non-hydrogen) atoms. The largest absolute Gasteiger partial charge is 0.496 e. The van der Waals surface area contributed by atoms with Crippen molar-refractivity contribution in [1.29, 1.82) is 0 Å². The van der Waals surface area contributed by atoms with E-state index in [4.69, 9.17) is 9.26 Å². The normalized spacial score (nSPS) is 13.0. The molecule has 0 bridgehead atoms. The van der Waals surface area contributed by atoms with Gasteiger partial charge in [-0.3, -0.25) is 4.98 Å². The quantitative estimate of drug-likeness (QED) is 0.698. The molecule has 0 unspecified atom stereocenters. The summed E-state index contributed by atoms with van der Waals surface area (Å²) in [5.74, 6) is 1.63. The number of methoxy groups -OCH3 is 1. The van der Waals surface area contributed by atoms with Gasteiger partial charge in [0.2, 0.25) is 0 Å². The molecule has 1 aliphatic heterocycles. The van der Waals surface area contributed by atoms with Gasteiger partial charge in [-0.15, -0.1) is 0 Å². The van der Waals surface area contributed by atoms with Crippen LogP contribution in [-0.4, -0.2) is 17.3 Å². The molecule has 0 amide bonds. The van der Waals surface area contributed by atoms with Gasteiger partial charge in [0.1, 0.15) is 11.5 Å². The van der Waals surface area contributed by atoms with Crippen LogP contribution in [0.1, 0.15) is 22.6 Å². The van der Waals surface area contributed by atoms with E-state index < -0.39 is 0 Å². The highest BCUT2D eigenvalue weighted by atomic mass is 16.5. The first kappa shape index (κ1) is 16.4. The molecule has 0 saturated carbocycles. The summed E-state index contributed by atoms with van der Waals surface area (Å²) in [4.78, 5) is 6.45. The van der Waals surface area contributed by atoms with Gasteiger partial charge < -0.3 is 14.2 Å². The summed E-state index contributed by atoms with van der Waals surface area (Å²) < 4.78 is 11.1. The average molecular weight is 347 g/mol. The van der Waals surface area contributed by atoms with Crippen LogP contribution >= 0.6 is 0 Å². The van der Waals surface area contributed by atoms with Gasteiger partial charge in [0.25, 0.3) is 0 Å². The number of aromatic nitrogens is 2. The summed E-state index contributed by atoms with van der Waals surface area (Å²) in [7, 11) is 1.70. The highest BCUT2D eigenvalue weighted by Crippen LogP contribution is 2.41. The summed E-state index contributed by atoms with van der Waals surface area (Å²) in [6.45, 7) is 4.66. The van der Waals surface area contributed by atoms with E-state index in [9.17, 15) is 0 Å². The van der Waals surface area contributed by atoms with Gasteiger partial charge in [-0.25, -0.2) is 0 Å². The van der Waals surface area contributed by atoms with Crippen molar-refractivity contribution in [3.63, 3.8) is 0 Å². The molecular weight excluding hydrogens is 326 g/mol. The summed E-state index contributed by atoms with van der Waals surface area (Å²) in [5, 5.41) is 4.09. The standard InChI is InChI=1S/C21H21N3O2/c1-14-21(15(2)26-23-14)18-10-17-7-5-9-24(19(17)11-20(18)25-3)13-16-6-4-8-22-12-16/h4-6,8-12H,7,13H2,1-3H3. The predicted octanol–water partition coefficient (Wildman–Crippen LogP) is 4.44. The molecule has 4 rings (SSSR count). The number of hydrogen-bond acceptors (Lipinski definition) is 5. The van der Waals surface area contributed by atoms with Crippen molar-refractivity contribution in [1.82, 2.24) is 10.1 Å². The molecule has 5 heteroatoms. The van der Waals surface area contributed by atoms with Crippen LogP contribution in [-0.2, 0) is 13.0 Å². The van der Waals surface area contributed by atoms with Crippen LogP contribution in [0.25, 0.3) is 11.1 Å². The molecular formula is C21H21N3O2. The fraction of sp³-hybridized carbons (Fsp3) is 0.238. The molecule has 0 aliphatic carbocycles. The first-order chi connectivity index (χ1) is 12.7. The van der Waals surface area contributed by atoms with Gasteiger partial charge in [-0.2, -0.15) is 0 Å². The molecule has 3 aromatic rings. The fourth-order valence-corrected chi connectivity index (χ4v) is 3.49. The molecule has 0 spiro atoms. The van der Waals surface area contributed by atoms with Gasteiger partial charge in [-0.05, 0) is 43.5 Å². The molecule has 1 aliphatic rings. The second kappa shape index (κ2) is 6.67. The lowest BCUT2D eigenvalue weighted by Gasteiger charge is -2.28. The van der Waals surface area contributed by atoms with Crippen LogP contribution in [0.2, 0.25) is 0 Å². The molecule has 0 atom stereocenters. The number of rotatable bonds is 4. The van der Waals surface area contributed by atoms with Gasteiger partial charge >= 0.3 is 0 Å². The zero-order valence-corrected chi connectivity index (χ0v) is 15.2. The van der Waals surface area contributed by atoms with Crippen molar-refractivity contribution in [3.05, 3.63) is 71.5 Å². The topological polar surface area (TPSA) is 51.4 Å². The van der Waals surface area contributed by atoms with E-state index in [0.29, 0.717) is 0 Å². The number of aryl methyl sites for hydroxylation is 2. The Morgan fingerprint density at radius 2 is 2.15 bits per heavy atom. The van der Waals surface area contributed by atoms with E-state index in [1.54, 1.807) is 13.3 Å². The third kappa shape index (κ3) is 2.86. The second-order valence-electron chi connectivity index (χ2n) is 6.46. The minimum absolute atomic E-state index is 0.769. The highest BCUT2D eigenvalue weighted by molar-refractivity contribution is 5.79. The van der Waals surface area contributed by atoms with E-state index in [0.717, 1.165) is 47.0 Å². The van der Waals surface area contributed by atoms with Gasteiger partial charge in [-0.1, -0.05) is 17.3 Å². The average Bonchev–Trinajstić information content (AvgIpc) is 3.00. The number of nitrogens with zero attached hydrogens (tertiary/aromatic N) is 3. The van der Waals surface area contributed by atoms with Crippen LogP contribution in [0.15, 0.2) is 53.5 Å². The maximum absolute atomic E-state index is 5.71. The Bertz CT molecular complexity index is 941. The SMILES string of the molecule is COc1cc2c(cc1-c1c(C)noc1C)CC=CN2Cc1cccnc1. The third-order valence-corrected chi connectivity index (χ3v) is 4.71. The summed E-state index contributed by atoms with van der Waals surface area (Å²) in [5.41, 5.74) is 6.49. The smallest absolute Gasteiger partial charge is 0.141 e. The number of allylic oxidation sites excluding steroid dienone is 1. The summed E-state index contributed by atoms with van der Waals surface area (Å²) in [6.07, 6.45) is 8.89. The number of hydrogen-bond donors (Lipinski definition) is 0. The Balaban J connectivity index is 1.78. The van der Waals surface area contributed by atoms with Crippen molar-refractivity contribution < 1.29 is 9.26 Å². The predicted molar refractivity (Wildman–Crippen MR) is 101 cm³/mol. The second-order valence-corrected chi connectivity index (χ2v) is 6.46. The number of anilines is 1. The van der Waals surface area contributed by atoms with Crippen LogP contribution in [0.5, 0.6) is 5.75 Å². The molecule has 1 aromatic carbocycles. The molecule has 2 aromatic heterocycles. The summed E-state index contributed by atoms with van der Waals surface area (Å²) >= 11 is 0. The summed E-state index contributed by atoms with van der Waals surface area (Å²) in [6, 6.07) is 8.35. The first-order valence-corrected chi connectivity index (χ1v) is 8.63. The van der Waals surface area contributed by atoms with Gasteiger partial charge in [0.05, 0.1) is 18.4 Å². The van der Waals surface area contributed by atoms with Crippen molar-refractivity contribution in [2.45, 2.75) is 26.8 Å². The zero-order chi connectivity index (χ0) is 18.1. The van der Waals surface area contributed by atoms with Crippen LogP contribution in [0.3, 0.4) is 0 Å². The van der Waals surface area contributed by atoms with E-state index >= 15 is 0 Å². The van der Waals surface area contributed by atoms with Gasteiger partial charge in [0, 0.05) is 42.5 Å². The molecule has 0 N–H and O–H groups in total. The lowest BCUT2D eigenvalue weighted by atomic mass is 9.96. The number of ether oxygens (including phenoxy) is 1. The monoisotopic (exact) mass is 347 g/mol. The molecule has 0 saturated heterocycles. The van der Waals surface area contributed by atoms with E-state index in [2.05, 4.69) is 45.5 Å². The zero-order valence-electron chi connectivity index (χ0n) is 15.2. The highest BCUT2D eigenvalue weighted by Gasteiger charge is 2.21. The molecule has 0 radical (unpaired) electrons. The van der Waals surface area contributed by atoms with Crippen LogP contribution in [0, 0.1) is 13.8 Å². The minimum Gasteiger partial charge on any atom is -0.496 e. The first-order valence-electron chi connectivity index (χ1n) is 8.63. The Morgan fingerprint density at radius 1 is 1.27 bits per heavy atom. The maximum atomic E-state index is 5.71. The Hall–Kier alpha value is -3.08. The molecule has 3 heterocycles. The van der Waals surface area contributed by atoms with Crippen molar-refractivity contribution in [2.24, 2.45) is 0 Å². The number of fused-ring (bicyclic) bond motifs is 1. The third-order valence-electron chi connectivity index (χ3n) is 4.71. The Labute approximate surface area is 152 Å². The van der Waals surface area contributed by atoms with E-state index in [1.807, 2.05) is 26.1 Å². The van der Waals surface area contributed by atoms with Crippen molar-refractivity contribution >= 4 is 5.69 Å². The molecule has 5 nitrogen and oxygen atoms in total. The molecule has 132 valence electrons. The van der Waals surface area contributed by atoms with E-state index in [1.165, 1.54) is 11.1 Å². The van der Waals surface area contributed by atoms with Gasteiger partial charge in [0.15, 0.2) is 0 Å². The number of pyridine rings is 1. The Kier molecular flexibility index (Phi) is 4.21. The minimum atomic E-state index is 0.769. The van der Waals surface area contributed by atoms with Crippen LogP contribution in [0.4, 0.5) is 5.69 Å². The Morgan fingerprint density at radius 3 is 2.85 bits per heavy atom. The van der Waals surface area contributed by atoms with Crippen molar-refractivity contribution in [2.75, 3.05) is 12.0 Å². The fourth-order valence-electron chi connectivity index (χ4n) is 3.49. The lowest BCUT2D eigenvalue weighted by Crippen LogP contribution is -2.20. The van der Waals surface area contributed by atoms with Crippen molar-refractivity contribution in [3.8, 4) is 16.9 Å².